The molecule has 144 valence electrons. The lowest BCUT2D eigenvalue weighted by Crippen LogP contribution is -2.20. The van der Waals surface area contributed by atoms with Crippen LogP contribution in [-0.2, 0) is 4.79 Å². The van der Waals surface area contributed by atoms with Gasteiger partial charge in [0.2, 0.25) is 5.75 Å². The SMILES string of the molecule is COc1ccc(-c2csc(NC(=O)COc3ccc(C)nc3[N+](=O)[O-])n2)cc1. The highest BCUT2D eigenvalue weighted by Gasteiger charge is 2.19. The summed E-state index contributed by atoms with van der Waals surface area (Å²) in [5, 5.41) is 15.9. The van der Waals surface area contributed by atoms with Gasteiger partial charge in [-0.3, -0.25) is 10.1 Å². The lowest BCUT2D eigenvalue weighted by atomic mass is 10.2. The van der Waals surface area contributed by atoms with Crippen LogP contribution in [-0.4, -0.2) is 34.5 Å². The molecule has 1 aromatic carbocycles. The summed E-state index contributed by atoms with van der Waals surface area (Å²) in [4.78, 5) is 30.6. The summed E-state index contributed by atoms with van der Waals surface area (Å²) >= 11 is 1.26. The molecule has 0 unspecified atom stereocenters. The summed E-state index contributed by atoms with van der Waals surface area (Å²) in [6, 6.07) is 10.4. The molecule has 10 heteroatoms. The highest BCUT2D eigenvalue weighted by atomic mass is 32.1. The molecule has 0 saturated heterocycles. The third-order valence-electron chi connectivity index (χ3n) is 3.65. The topological polar surface area (TPSA) is 116 Å². The predicted octanol–water partition coefficient (Wildman–Crippen LogP) is 3.45. The minimum Gasteiger partial charge on any atom is -0.497 e. The van der Waals surface area contributed by atoms with Crippen LogP contribution in [0.5, 0.6) is 11.5 Å². The zero-order valence-corrected chi connectivity index (χ0v) is 15.9. The predicted molar refractivity (Wildman–Crippen MR) is 104 cm³/mol. The van der Waals surface area contributed by atoms with E-state index in [0.29, 0.717) is 16.5 Å². The number of nitrogens with zero attached hydrogens (tertiary/aromatic N) is 3. The van der Waals surface area contributed by atoms with Gasteiger partial charge in [0.1, 0.15) is 11.4 Å². The molecule has 0 aliphatic carbocycles. The molecule has 0 bridgehead atoms. The van der Waals surface area contributed by atoms with Gasteiger partial charge in [0, 0.05) is 17.9 Å². The van der Waals surface area contributed by atoms with E-state index in [-0.39, 0.29) is 5.75 Å². The van der Waals surface area contributed by atoms with Gasteiger partial charge in [0.15, 0.2) is 11.7 Å². The van der Waals surface area contributed by atoms with Crippen molar-refractivity contribution >= 4 is 28.2 Å². The Morgan fingerprint density at radius 2 is 1.96 bits per heavy atom. The van der Waals surface area contributed by atoms with Crippen LogP contribution >= 0.6 is 11.3 Å². The number of thiazole rings is 1. The Morgan fingerprint density at radius 3 is 2.64 bits per heavy atom. The van der Waals surface area contributed by atoms with Gasteiger partial charge in [0.25, 0.3) is 5.91 Å². The van der Waals surface area contributed by atoms with Gasteiger partial charge in [-0.2, -0.15) is 0 Å². The molecule has 0 saturated carbocycles. The van der Waals surface area contributed by atoms with Gasteiger partial charge in [-0.05, 0) is 46.3 Å². The van der Waals surface area contributed by atoms with E-state index in [1.807, 2.05) is 29.6 Å². The van der Waals surface area contributed by atoms with Crippen LogP contribution in [0.15, 0.2) is 41.8 Å². The van der Waals surface area contributed by atoms with Crippen molar-refractivity contribution in [3.05, 3.63) is 57.6 Å². The summed E-state index contributed by atoms with van der Waals surface area (Å²) in [5.41, 5.74) is 2.08. The molecule has 0 aliphatic rings. The molecule has 2 heterocycles. The number of aromatic nitrogens is 2. The van der Waals surface area contributed by atoms with Crippen molar-refractivity contribution in [1.29, 1.82) is 0 Å². The van der Waals surface area contributed by atoms with E-state index < -0.39 is 23.3 Å². The summed E-state index contributed by atoms with van der Waals surface area (Å²) in [7, 11) is 1.59. The number of hydrogen-bond donors (Lipinski definition) is 1. The van der Waals surface area contributed by atoms with E-state index in [2.05, 4.69) is 15.3 Å². The Morgan fingerprint density at radius 1 is 1.21 bits per heavy atom. The van der Waals surface area contributed by atoms with E-state index in [4.69, 9.17) is 9.47 Å². The number of hydrogen-bond acceptors (Lipinski definition) is 8. The van der Waals surface area contributed by atoms with Crippen LogP contribution < -0.4 is 14.8 Å². The number of rotatable bonds is 7. The molecule has 0 spiro atoms. The van der Waals surface area contributed by atoms with Crippen LogP contribution in [0.4, 0.5) is 10.9 Å². The number of amides is 1. The molecule has 3 aromatic rings. The Labute approximate surface area is 164 Å². The highest BCUT2D eigenvalue weighted by molar-refractivity contribution is 7.14. The van der Waals surface area contributed by atoms with Gasteiger partial charge < -0.3 is 19.6 Å². The Kier molecular flexibility index (Phi) is 5.80. The number of carbonyl (C=O) groups excluding carboxylic acids is 1. The third-order valence-corrected chi connectivity index (χ3v) is 4.40. The molecular formula is C18H16N4O5S. The second-order valence-electron chi connectivity index (χ2n) is 5.63. The van der Waals surface area contributed by atoms with Gasteiger partial charge in [-0.25, -0.2) is 4.98 Å². The fraction of sp³-hybridized carbons (Fsp3) is 0.167. The Hall–Kier alpha value is -3.53. The second-order valence-corrected chi connectivity index (χ2v) is 6.49. The number of carbonyl (C=O) groups is 1. The van der Waals surface area contributed by atoms with Crippen LogP contribution in [0.3, 0.4) is 0 Å². The van der Waals surface area contributed by atoms with E-state index in [0.717, 1.165) is 11.3 Å². The number of aryl methyl sites for hydroxylation is 1. The van der Waals surface area contributed by atoms with Crippen molar-refractivity contribution in [2.24, 2.45) is 0 Å². The van der Waals surface area contributed by atoms with Crippen molar-refractivity contribution in [2.45, 2.75) is 6.92 Å². The molecular weight excluding hydrogens is 384 g/mol. The smallest absolute Gasteiger partial charge is 0.406 e. The van der Waals surface area contributed by atoms with E-state index in [9.17, 15) is 14.9 Å². The van der Waals surface area contributed by atoms with E-state index in [1.54, 1.807) is 20.1 Å². The first-order valence-electron chi connectivity index (χ1n) is 8.11. The van der Waals surface area contributed by atoms with Gasteiger partial charge in [-0.15, -0.1) is 11.3 Å². The number of ether oxygens (including phenoxy) is 2. The van der Waals surface area contributed by atoms with Crippen molar-refractivity contribution in [2.75, 3.05) is 19.0 Å². The average Bonchev–Trinajstić information content (AvgIpc) is 3.15. The first-order chi connectivity index (χ1) is 13.5. The van der Waals surface area contributed by atoms with Gasteiger partial charge in [0.05, 0.1) is 12.8 Å². The van der Waals surface area contributed by atoms with Crippen molar-refractivity contribution in [1.82, 2.24) is 9.97 Å². The Balaban J connectivity index is 1.61. The van der Waals surface area contributed by atoms with Crippen molar-refractivity contribution < 1.29 is 19.2 Å². The van der Waals surface area contributed by atoms with Crippen molar-refractivity contribution in [3.63, 3.8) is 0 Å². The average molecular weight is 400 g/mol. The number of methoxy groups -OCH3 is 1. The zero-order chi connectivity index (χ0) is 20.1. The normalized spacial score (nSPS) is 10.4. The standard InChI is InChI=1S/C18H16N4O5S/c1-11-3-8-15(17(19-11)22(24)25)27-9-16(23)21-18-20-14(10-28-18)12-4-6-13(26-2)7-5-12/h3-8,10H,9H2,1-2H3,(H,20,21,23). The summed E-state index contributed by atoms with van der Waals surface area (Å²) in [6.45, 7) is 1.23. The number of anilines is 1. The lowest BCUT2D eigenvalue weighted by Gasteiger charge is -2.06. The molecule has 9 nitrogen and oxygen atoms in total. The maximum absolute atomic E-state index is 12.1. The van der Waals surface area contributed by atoms with E-state index in [1.165, 1.54) is 17.4 Å². The molecule has 0 fully saturated rings. The van der Waals surface area contributed by atoms with Crippen LogP contribution in [0.25, 0.3) is 11.3 Å². The minimum absolute atomic E-state index is 0.0659. The quantitative estimate of drug-likeness (QED) is 0.477. The maximum atomic E-state index is 12.1. The zero-order valence-electron chi connectivity index (χ0n) is 15.0. The fourth-order valence-corrected chi connectivity index (χ4v) is 3.03. The molecule has 2 aromatic heterocycles. The van der Waals surface area contributed by atoms with Gasteiger partial charge in [-0.1, -0.05) is 0 Å². The number of pyridine rings is 1. The minimum atomic E-state index is -0.651. The summed E-state index contributed by atoms with van der Waals surface area (Å²) in [6.07, 6.45) is 0. The molecule has 0 aliphatic heterocycles. The fourth-order valence-electron chi connectivity index (χ4n) is 2.30. The van der Waals surface area contributed by atoms with Crippen LogP contribution in [0.2, 0.25) is 0 Å². The van der Waals surface area contributed by atoms with Crippen molar-refractivity contribution in [3.8, 4) is 22.8 Å². The monoisotopic (exact) mass is 400 g/mol. The van der Waals surface area contributed by atoms with E-state index >= 15 is 0 Å². The van der Waals surface area contributed by atoms with Crippen LogP contribution in [0, 0.1) is 17.0 Å². The highest BCUT2D eigenvalue weighted by Crippen LogP contribution is 2.27. The summed E-state index contributed by atoms with van der Waals surface area (Å²) in [5.74, 6) is -0.234. The molecule has 1 N–H and O–H groups in total. The maximum Gasteiger partial charge on any atom is 0.406 e. The molecule has 0 radical (unpaired) electrons. The first-order valence-corrected chi connectivity index (χ1v) is 8.99. The molecule has 0 atom stereocenters. The molecule has 3 rings (SSSR count). The molecule has 1 amide bonds. The Bertz CT molecular complexity index is 1000. The first kappa shape index (κ1) is 19.2. The largest absolute Gasteiger partial charge is 0.497 e. The summed E-state index contributed by atoms with van der Waals surface area (Å²) < 4.78 is 10.4. The second kappa shape index (κ2) is 8.44. The number of nitro groups is 1. The lowest BCUT2D eigenvalue weighted by molar-refractivity contribution is -0.390. The third kappa shape index (κ3) is 4.60. The van der Waals surface area contributed by atoms with Crippen LogP contribution in [0.1, 0.15) is 5.69 Å². The number of benzene rings is 1. The number of nitrogens with one attached hydrogen (secondary N) is 1. The van der Waals surface area contributed by atoms with Gasteiger partial charge >= 0.3 is 5.82 Å². The molecule has 28 heavy (non-hydrogen) atoms.